The Morgan fingerprint density at radius 1 is 1.21 bits per heavy atom. The molecule has 2 bridgehead atoms. The van der Waals surface area contributed by atoms with E-state index in [2.05, 4.69) is 39.9 Å². The first-order valence-corrected chi connectivity index (χ1v) is 6.19. The Morgan fingerprint density at radius 2 is 1.86 bits per heavy atom. The molecule has 0 saturated heterocycles. The van der Waals surface area contributed by atoms with Gasteiger partial charge in [0.1, 0.15) is 0 Å². The first kappa shape index (κ1) is 10.5. The zero-order chi connectivity index (χ0) is 10.5. The second kappa shape index (κ2) is 3.23. The lowest BCUT2D eigenvalue weighted by Crippen LogP contribution is -2.60. The van der Waals surface area contributed by atoms with Crippen molar-refractivity contribution in [2.45, 2.75) is 59.5 Å². The first-order chi connectivity index (χ1) is 6.43. The van der Waals surface area contributed by atoms with Crippen molar-refractivity contribution >= 4 is 0 Å². The van der Waals surface area contributed by atoms with Gasteiger partial charge in [0.05, 0.1) is 0 Å². The Hall–Kier alpha value is -0.0400. The van der Waals surface area contributed by atoms with Gasteiger partial charge in [0.25, 0.3) is 0 Å². The lowest BCUT2D eigenvalue weighted by molar-refractivity contribution is -0.116. The highest BCUT2D eigenvalue weighted by Gasteiger charge is 2.56. The van der Waals surface area contributed by atoms with Crippen LogP contribution in [0.2, 0.25) is 0 Å². The van der Waals surface area contributed by atoms with E-state index in [1.54, 1.807) is 0 Å². The highest BCUT2D eigenvalue weighted by molar-refractivity contribution is 5.07. The summed E-state index contributed by atoms with van der Waals surface area (Å²) in [4.78, 5) is 0. The topological polar surface area (TPSA) is 12.0 Å². The Morgan fingerprint density at radius 3 is 2.29 bits per heavy atom. The third-order valence-electron chi connectivity index (χ3n) is 4.90. The van der Waals surface area contributed by atoms with Crippen molar-refractivity contribution < 1.29 is 0 Å². The minimum absolute atomic E-state index is 0.634. The van der Waals surface area contributed by atoms with Crippen LogP contribution in [-0.4, -0.2) is 12.1 Å². The minimum Gasteiger partial charge on any atom is -0.311 e. The molecule has 82 valence electrons. The second-order valence-electron chi connectivity index (χ2n) is 6.38. The van der Waals surface area contributed by atoms with Gasteiger partial charge >= 0.3 is 0 Å². The Bertz CT molecular complexity index is 219. The van der Waals surface area contributed by atoms with Crippen molar-refractivity contribution in [1.29, 1.82) is 0 Å². The van der Waals surface area contributed by atoms with Crippen molar-refractivity contribution in [3.05, 3.63) is 0 Å². The minimum atomic E-state index is 0.634. The van der Waals surface area contributed by atoms with Crippen LogP contribution in [0.5, 0.6) is 0 Å². The smallest absolute Gasteiger partial charge is 0.0101 e. The van der Waals surface area contributed by atoms with E-state index >= 15 is 0 Å². The molecule has 0 aliphatic heterocycles. The molecule has 0 spiro atoms. The Balaban J connectivity index is 2.01. The van der Waals surface area contributed by atoms with Crippen LogP contribution in [0.1, 0.15) is 47.5 Å². The summed E-state index contributed by atoms with van der Waals surface area (Å²) in [6, 6.07) is 1.43. The lowest BCUT2D eigenvalue weighted by atomic mass is 9.44. The van der Waals surface area contributed by atoms with Crippen LogP contribution in [0.4, 0.5) is 0 Å². The number of hydrogen-bond donors (Lipinski definition) is 1. The molecule has 3 aliphatic carbocycles. The molecule has 0 radical (unpaired) electrons. The van der Waals surface area contributed by atoms with Crippen molar-refractivity contribution in [1.82, 2.24) is 5.32 Å². The van der Waals surface area contributed by atoms with Crippen LogP contribution >= 0.6 is 0 Å². The monoisotopic (exact) mass is 195 g/mol. The Labute approximate surface area is 88.7 Å². The average molecular weight is 195 g/mol. The largest absolute Gasteiger partial charge is 0.311 e. The molecule has 4 unspecified atom stereocenters. The molecule has 3 saturated carbocycles. The zero-order valence-corrected chi connectivity index (χ0v) is 10.3. The van der Waals surface area contributed by atoms with Crippen molar-refractivity contribution in [3.8, 4) is 0 Å². The van der Waals surface area contributed by atoms with Crippen LogP contribution in [0.3, 0.4) is 0 Å². The zero-order valence-electron chi connectivity index (χ0n) is 10.3. The van der Waals surface area contributed by atoms with Crippen molar-refractivity contribution in [2.24, 2.45) is 23.2 Å². The molecular formula is C13H25N. The number of rotatable bonds is 2. The number of fused-ring (bicyclic) bond motifs is 2. The maximum absolute atomic E-state index is 3.73. The van der Waals surface area contributed by atoms with E-state index in [1.165, 1.54) is 12.8 Å². The van der Waals surface area contributed by atoms with Crippen LogP contribution in [0, 0.1) is 23.2 Å². The second-order valence-corrected chi connectivity index (χ2v) is 6.38. The fourth-order valence-electron chi connectivity index (χ4n) is 3.80. The van der Waals surface area contributed by atoms with E-state index in [0.29, 0.717) is 11.5 Å². The van der Waals surface area contributed by atoms with Crippen LogP contribution in [-0.2, 0) is 0 Å². The van der Waals surface area contributed by atoms with Gasteiger partial charge in [-0.2, -0.15) is 0 Å². The highest BCUT2D eigenvalue weighted by Crippen LogP contribution is 2.61. The molecule has 3 fully saturated rings. The predicted molar refractivity (Wildman–Crippen MR) is 61.2 cm³/mol. The predicted octanol–water partition coefficient (Wildman–Crippen LogP) is 3.06. The SMILES string of the molecule is CC(C)NC1CC2CC(C1C)C2(C)C. The van der Waals surface area contributed by atoms with Gasteiger partial charge in [-0.15, -0.1) is 0 Å². The molecule has 0 aromatic rings. The summed E-state index contributed by atoms with van der Waals surface area (Å²) in [5, 5.41) is 3.73. The first-order valence-electron chi connectivity index (χ1n) is 6.19. The molecule has 0 amide bonds. The Kier molecular flexibility index (Phi) is 2.42. The number of nitrogens with one attached hydrogen (secondary N) is 1. The maximum atomic E-state index is 3.73. The van der Waals surface area contributed by atoms with E-state index in [9.17, 15) is 0 Å². The van der Waals surface area contributed by atoms with Crippen molar-refractivity contribution in [2.75, 3.05) is 0 Å². The van der Waals surface area contributed by atoms with E-state index in [4.69, 9.17) is 0 Å². The van der Waals surface area contributed by atoms with E-state index in [1.807, 2.05) is 0 Å². The summed E-state index contributed by atoms with van der Waals surface area (Å²) in [7, 11) is 0. The summed E-state index contributed by atoms with van der Waals surface area (Å²) in [6.07, 6.45) is 2.90. The normalized spacial score (nSPS) is 45.0. The molecule has 4 atom stereocenters. The van der Waals surface area contributed by atoms with Gasteiger partial charge in [-0.1, -0.05) is 34.6 Å². The summed E-state index contributed by atoms with van der Waals surface area (Å²) in [5.74, 6) is 2.83. The molecule has 3 aliphatic rings. The van der Waals surface area contributed by atoms with Crippen molar-refractivity contribution in [3.63, 3.8) is 0 Å². The van der Waals surface area contributed by atoms with Crippen LogP contribution in [0.15, 0.2) is 0 Å². The fourth-order valence-corrected chi connectivity index (χ4v) is 3.80. The van der Waals surface area contributed by atoms with Gasteiger partial charge in [0.15, 0.2) is 0 Å². The maximum Gasteiger partial charge on any atom is 0.0101 e. The molecule has 1 heteroatoms. The molecule has 1 N–H and O–H groups in total. The van der Waals surface area contributed by atoms with E-state index in [-0.39, 0.29) is 0 Å². The number of hydrogen-bond acceptors (Lipinski definition) is 1. The quantitative estimate of drug-likeness (QED) is 0.714. The van der Waals surface area contributed by atoms with Gasteiger partial charge in [-0.05, 0) is 36.0 Å². The molecule has 14 heavy (non-hydrogen) atoms. The lowest BCUT2D eigenvalue weighted by Gasteiger charge is -2.62. The molecule has 0 aromatic carbocycles. The molecule has 0 aromatic heterocycles. The average Bonchev–Trinajstić information content (AvgIpc) is 2.06. The van der Waals surface area contributed by atoms with Gasteiger partial charge in [-0.25, -0.2) is 0 Å². The van der Waals surface area contributed by atoms with Gasteiger partial charge in [-0.3, -0.25) is 0 Å². The van der Waals surface area contributed by atoms with Gasteiger partial charge in [0, 0.05) is 12.1 Å². The molecule has 1 nitrogen and oxygen atoms in total. The summed E-state index contributed by atoms with van der Waals surface area (Å²) in [5.41, 5.74) is 0.634. The third-order valence-corrected chi connectivity index (χ3v) is 4.90. The van der Waals surface area contributed by atoms with E-state index in [0.717, 1.165) is 23.8 Å². The van der Waals surface area contributed by atoms with Gasteiger partial charge in [0.2, 0.25) is 0 Å². The van der Waals surface area contributed by atoms with Crippen LogP contribution in [0.25, 0.3) is 0 Å². The summed E-state index contributed by atoms with van der Waals surface area (Å²) in [6.45, 7) is 11.9. The standard InChI is InChI=1S/C13H25N/c1-8(2)14-12-7-10-6-11(9(12)3)13(10,4)5/h8-12,14H,6-7H2,1-5H3. The summed E-state index contributed by atoms with van der Waals surface area (Å²) < 4.78 is 0. The van der Waals surface area contributed by atoms with Gasteiger partial charge < -0.3 is 5.32 Å². The molecule has 3 rings (SSSR count). The third kappa shape index (κ3) is 1.41. The highest BCUT2D eigenvalue weighted by atomic mass is 15.0. The summed E-state index contributed by atoms with van der Waals surface area (Å²) >= 11 is 0. The molecule has 0 heterocycles. The van der Waals surface area contributed by atoms with E-state index < -0.39 is 0 Å². The fraction of sp³-hybridized carbons (Fsp3) is 1.00. The molecular weight excluding hydrogens is 170 g/mol. The van der Waals surface area contributed by atoms with Crippen LogP contribution < -0.4 is 5.32 Å².